The molecule has 4 heteroatoms. The van der Waals surface area contributed by atoms with E-state index in [4.69, 9.17) is 9.47 Å². The Hall–Kier alpha value is -0.550. The van der Waals surface area contributed by atoms with Gasteiger partial charge < -0.3 is 14.4 Å². The predicted molar refractivity (Wildman–Crippen MR) is 89.2 cm³/mol. The average molecular weight is 309 g/mol. The van der Waals surface area contributed by atoms with Crippen molar-refractivity contribution in [3.05, 3.63) is 29.8 Å². The molecule has 1 aliphatic heterocycles. The summed E-state index contributed by atoms with van der Waals surface area (Å²) in [5, 5.41) is 0.762. The van der Waals surface area contributed by atoms with E-state index >= 15 is 0 Å². The number of likely N-dealkylation sites (tertiary alicyclic amines) is 1. The van der Waals surface area contributed by atoms with E-state index in [9.17, 15) is 0 Å². The molecule has 0 N–H and O–H groups in total. The summed E-state index contributed by atoms with van der Waals surface area (Å²) < 4.78 is 10.5. The minimum atomic E-state index is 0.690. The molecular weight excluding hydrogens is 282 g/mol. The first-order chi connectivity index (χ1) is 10.3. The summed E-state index contributed by atoms with van der Waals surface area (Å²) in [5.41, 5.74) is 1.34. The van der Waals surface area contributed by atoms with Crippen LogP contribution in [0.4, 0.5) is 0 Å². The number of hydrogen-bond donors (Lipinski definition) is 0. The van der Waals surface area contributed by atoms with E-state index in [0.717, 1.165) is 18.4 Å². The molecule has 0 saturated carbocycles. The minimum absolute atomic E-state index is 0.690. The maximum absolute atomic E-state index is 5.54. The molecular formula is C17H27NO2S. The van der Waals surface area contributed by atoms with E-state index in [1.807, 2.05) is 11.8 Å². The van der Waals surface area contributed by atoms with Gasteiger partial charge >= 0.3 is 0 Å². The Morgan fingerprint density at radius 3 is 2.48 bits per heavy atom. The molecule has 1 aliphatic rings. The Balaban J connectivity index is 1.60. The molecule has 21 heavy (non-hydrogen) atoms. The quantitative estimate of drug-likeness (QED) is 0.687. The van der Waals surface area contributed by atoms with Crippen LogP contribution in [0.2, 0.25) is 0 Å². The molecule has 1 fully saturated rings. The van der Waals surface area contributed by atoms with E-state index < -0.39 is 0 Å². The number of piperidine rings is 1. The molecule has 0 aromatic heterocycles. The van der Waals surface area contributed by atoms with Gasteiger partial charge in [-0.3, -0.25) is 0 Å². The van der Waals surface area contributed by atoms with Crippen molar-refractivity contribution >= 4 is 11.8 Å². The van der Waals surface area contributed by atoms with Crippen molar-refractivity contribution in [1.29, 1.82) is 0 Å². The fourth-order valence-electron chi connectivity index (χ4n) is 2.50. The smallest absolute Gasteiger partial charge is 0.0700 e. The molecule has 3 nitrogen and oxygen atoms in total. The third-order valence-electron chi connectivity index (χ3n) is 3.84. The van der Waals surface area contributed by atoms with Gasteiger partial charge in [-0.15, -0.1) is 11.8 Å². The second-order valence-corrected chi connectivity index (χ2v) is 6.95. The Morgan fingerprint density at radius 2 is 1.81 bits per heavy atom. The van der Waals surface area contributed by atoms with Crippen molar-refractivity contribution in [3.63, 3.8) is 0 Å². The number of aryl methyl sites for hydroxylation is 1. The van der Waals surface area contributed by atoms with Gasteiger partial charge in [0.2, 0.25) is 0 Å². The van der Waals surface area contributed by atoms with E-state index in [1.165, 1.54) is 36.4 Å². The van der Waals surface area contributed by atoms with E-state index in [2.05, 4.69) is 36.1 Å². The molecule has 1 aromatic rings. The molecule has 2 rings (SSSR count). The Bertz CT molecular complexity index is 388. The van der Waals surface area contributed by atoms with Crippen LogP contribution in [-0.2, 0) is 9.47 Å². The Morgan fingerprint density at radius 1 is 1.10 bits per heavy atom. The maximum Gasteiger partial charge on any atom is 0.0700 e. The second kappa shape index (κ2) is 9.46. The zero-order valence-electron chi connectivity index (χ0n) is 13.2. The van der Waals surface area contributed by atoms with Gasteiger partial charge in [0.15, 0.2) is 0 Å². The molecule has 0 atom stereocenters. The molecule has 0 radical (unpaired) electrons. The van der Waals surface area contributed by atoms with Gasteiger partial charge in [0.1, 0.15) is 0 Å². The maximum atomic E-state index is 5.54. The van der Waals surface area contributed by atoms with Gasteiger partial charge in [0.25, 0.3) is 0 Å². The highest BCUT2D eigenvalue weighted by molar-refractivity contribution is 8.00. The van der Waals surface area contributed by atoms with Crippen LogP contribution in [0.5, 0.6) is 0 Å². The Kier molecular flexibility index (Phi) is 7.58. The summed E-state index contributed by atoms with van der Waals surface area (Å²) in [5.74, 6) is 0. The summed E-state index contributed by atoms with van der Waals surface area (Å²) in [4.78, 5) is 3.92. The van der Waals surface area contributed by atoms with Gasteiger partial charge in [-0.25, -0.2) is 0 Å². The predicted octanol–water partition coefficient (Wildman–Crippen LogP) is 3.21. The number of rotatable bonds is 8. The highest BCUT2D eigenvalue weighted by atomic mass is 32.2. The fourth-order valence-corrected chi connectivity index (χ4v) is 3.62. The molecule has 0 spiro atoms. The minimum Gasteiger partial charge on any atom is -0.382 e. The van der Waals surface area contributed by atoms with Gasteiger partial charge in [-0.05, 0) is 45.0 Å². The van der Waals surface area contributed by atoms with E-state index in [1.54, 1.807) is 7.11 Å². The summed E-state index contributed by atoms with van der Waals surface area (Å²) in [6, 6.07) is 8.90. The summed E-state index contributed by atoms with van der Waals surface area (Å²) >= 11 is 2.04. The average Bonchev–Trinajstić information content (AvgIpc) is 2.51. The third-order valence-corrected chi connectivity index (χ3v) is 5.19. The number of thioether (sulfide) groups is 1. The number of methoxy groups -OCH3 is 1. The van der Waals surface area contributed by atoms with Crippen LogP contribution in [0.1, 0.15) is 18.4 Å². The lowest BCUT2D eigenvalue weighted by atomic mass is 10.1. The Labute approximate surface area is 133 Å². The zero-order chi connectivity index (χ0) is 14.9. The van der Waals surface area contributed by atoms with Crippen molar-refractivity contribution in [2.24, 2.45) is 0 Å². The van der Waals surface area contributed by atoms with Crippen LogP contribution in [0.25, 0.3) is 0 Å². The fraction of sp³-hybridized carbons (Fsp3) is 0.647. The second-order valence-electron chi connectivity index (χ2n) is 5.58. The first-order valence-corrected chi connectivity index (χ1v) is 8.68. The lowest BCUT2D eigenvalue weighted by molar-refractivity contribution is 0.0545. The molecule has 1 aromatic carbocycles. The van der Waals surface area contributed by atoms with Crippen LogP contribution in [-0.4, -0.2) is 56.7 Å². The number of nitrogens with zero attached hydrogens (tertiary/aromatic N) is 1. The molecule has 0 amide bonds. The van der Waals surface area contributed by atoms with E-state index in [-0.39, 0.29) is 0 Å². The van der Waals surface area contributed by atoms with Crippen LogP contribution in [0.3, 0.4) is 0 Å². The molecule has 0 aliphatic carbocycles. The topological polar surface area (TPSA) is 21.7 Å². The molecule has 118 valence electrons. The number of benzene rings is 1. The van der Waals surface area contributed by atoms with Gasteiger partial charge in [-0.1, -0.05) is 17.7 Å². The zero-order valence-corrected chi connectivity index (χ0v) is 14.0. The monoisotopic (exact) mass is 309 g/mol. The van der Waals surface area contributed by atoms with Gasteiger partial charge in [-0.2, -0.15) is 0 Å². The van der Waals surface area contributed by atoms with Crippen molar-refractivity contribution < 1.29 is 9.47 Å². The third kappa shape index (κ3) is 6.39. The highest BCUT2D eigenvalue weighted by Crippen LogP contribution is 2.30. The van der Waals surface area contributed by atoms with Gasteiger partial charge in [0.05, 0.1) is 19.8 Å². The van der Waals surface area contributed by atoms with Crippen molar-refractivity contribution in [2.45, 2.75) is 29.9 Å². The SMILES string of the molecule is COCCOCCN1CCC(Sc2ccc(C)cc2)CC1. The summed E-state index contributed by atoms with van der Waals surface area (Å²) in [6.07, 6.45) is 2.55. The first-order valence-electron chi connectivity index (χ1n) is 7.80. The van der Waals surface area contributed by atoms with Crippen LogP contribution < -0.4 is 0 Å². The van der Waals surface area contributed by atoms with Crippen molar-refractivity contribution in [2.75, 3.05) is 46.6 Å². The largest absolute Gasteiger partial charge is 0.382 e. The molecule has 0 unspecified atom stereocenters. The summed E-state index contributed by atoms with van der Waals surface area (Å²) in [6.45, 7) is 7.78. The van der Waals surface area contributed by atoms with Crippen LogP contribution in [0, 0.1) is 6.92 Å². The molecule has 0 bridgehead atoms. The number of hydrogen-bond acceptors (Lipinski definition) is 4. The normalized spacial score (nSPS) is 17.2. The highest BCUT2D eigenvalue weighted by Gasteiger charge is 2.19. The summed E-state index contributed by atoms with van der Waals surface area (Å²) in [7, 11) is 1.71. The first kappa shape index (κ1) is 16.8. The van der Waals surface area contributed by atoms with E-state index in [0.29, 0.717) is 13.2 Å². The van der Waals surface area contributed by atoms with Crippen molar-refractivity contribution in [3.8, 4) is 0 Å². The lowest BCUT2D eigenvalue weighted by Gasteiger charge is -2.31. The standard InChI is InChI=1S/C17H27NO2S/c1-15-3-5-16(6-4-15)21-17-7-9-18(10-8-17)11-12-20-14-13-19-2/h3-6,17H,7-14H2,1-2H3. The van der Waals surface area contributed by atoms with Crippen LogP contribution >= 0.6 is 11.8 Å². The molecule has 1 heterocycles. The molecule has 1 saturated heterocycles. The van der Waals surface area contributed by atoms with Crippen LogP contribution in [0.15, 0.2) is 29.2 Å². The van der Waals surface area contributed by atoms with Crippen molar-refractivity contribution in [1.82, 2.24) is 4.90 Å². The lowest BCUT2D eigenvalue weighted by Crippen LogP contribution is -2.37. The van der Waals surface area contributed by atoms with Gasteiger partial charge in [0, 0.05) is 23.8 Å². The number of ether oxygens (including phenoxy) is 2.